The molecule has 0 amide bonds. The zero-order chi connectivity index (χ0) is 13.5. The van der Waals surface area contributed by atoms with Crippen LogP contribution in [0.4, 0.5) is 0 Å². The molecular weight excluding hydrogens is 232 g/mol. The van der Waals surface area contributed by atoms with E-state index in [9.17, 15) is 0 Å². The normalized spacial score (nSPS) is 36.2. The van der Waals surface area contributed by atoms with E-state index in [0.717, 1.165) is 30.3 Å². The molecule has 0 aliphatic heterocycles. The predicted octanol–water partition coefficient (Wildman–Crippen LogP) is 3.40. The largest absolute Gasteiger partial charge is 0.329 e. The molecule has 0 bridgehead atoms. The van der Waals surface area contributed by atoms with Crippen LogP contribution in [0.2, 0.25) is 0 Å². The van der Waals surface area contributed by atoms with E-state index in [1.54, 1.807) is 0 Å². The third-order valence-electron chi connectivity index (χ3n) is 5.93. The van der Waals surface area contributed by atoms with Crippen molar-refractivity contribution in [3.05, 3.63) is 0 Å². The van der Waals surface area contributed by atoms with Gasteiger partial charge in [0.2, 0.25) is 0 Å². The summed E-state index contributed by atoms with van der Waals surface area (Å²) in [4.78, 5) is 2.91. The summed E-state index contributed by atoms with van der Waals surface area (Å²) in [5, 5.41) is 0. The average Bonchev–Trinajstić information content (AvgIpc) is 3.28. The standard InChI is InChI=1S/C17H32N2/c1-13(2)16-5-3-4-10-17(16,12-18)19(15-8-9-15)11-14-6-7-14/h13-16H,3-12,18H2,1-2H3. The van der Waals surface area contributed by atoms with Crippen LogP contribution >= 0.6 is 0 Å². The van der Waals surface area contributed by atoms with Crippen LogP contribution in [0.5, 0.6) is 0 Å². The monoisotopic (exact) mass is 264 g/mol. The Hall–Kier alpha value is -0.0800. The summed E-state index contributed by atoms with van der Waals surface area (Å²) in [6, 6.07) is 0.878. The number of rotatable bonds is 6. The summed E-state index contributed by atoms with van der Waals surface area (Å²) in [6.07, 6.45) is 11.4. The van der Waals surface area contributed by atoms with Gasteiger partial charge in [-0.2, -0.15) is 0 Å². The molecule has 0 heterocycles. The second-order valence-electron chi connectivity index (χ2n) is 7.73. The zero-order valence-electron chi connectivity index (χ0n) is 12.9. The Labute approximate surface area is 119 Å². The summed E-state index contributed by atoms with van der Waals surface area (Å²) in [6.45, 7) is 7.08. The van der Waals surface area contributed by atoms with Crippen molar-refractivity contribution < 1.29 is 0 Å². The van der Waals surface area contributed by atoms with Gasteiger partial charge in [0, 0.05) is 24.7 Å². The molecule has 2 atom stereocenters. The lowest BCUT2D eigenvalue weighted by molar-refractivity contribution is -0.0227. The summed E-state index contributed by atoms with van der Waals surface area (Å²) < 4.78 is 0. The van der Waals surface area contributed by atoms with Gasteiger partial charge in [-0.15, -0.1) is 0 Å². The van der Waals surface area contributed by atoms with Gasteiger partial charge in [0.25, 0.3) is 0 Å². The number of nitrogens with two attached hydrogens (primary N) is 1. The lowest BCUT2D eigenvalue weighted by atomic mass is 9.66. The van der Waals surface area contributed by atoms with Crippen molar-refractivity contribution in [1.82, 2.24) is 4.90 Å². The SMILES string of the molecule is CC(C)C1CCCCC1(CN)N(CC1CC1)C1CC1. The van der Waals surface area contributed by atoms with Crippen LogP contribution in [0.25, 0.3) is 0 Å². The highest BCUT2D eigenvalue weighted by atomic mass is 15.3. The summed E-state index contributed by atoms with van der Waals surface area (Å²) in [5.74, 6) is 2.61. The molecule has 0 aromatic heterocycles. The third-order valence-corrected chi connectivity index (χ3v) is 5.93. The maximum absolute atomic E-state index is 6.39. The Bertz CT molecular complexity index is 306. The van der Waals surface area contributed by atoms with Gasteiger partial charge in [-0.1, -0.05) is 26.7 Å². The Balaban J connectivity index is 1.83. The van der Waals surface area contributed by atoms with Crippen molar-refractivity contribution >= 4 is 0 Å². The highest BCUT2D eigenvalue weighted by Crippen LogP contribution is 2.48. The Morgan fingerprint density at radius 2 is 1.84 bits per heavy atom. The van der Waals surface area contributed by atoms with Crippen LogP contribution in [0.3, 0.4) is 0 Å². The minimum Gasteiger partial charge on any atom is -0.329 e. The molecule has 0 aromatic carbocycles. The molecular formula is C17H32N2. The lowest BCUT2D eigenvalue weighted by Crippen LogP contribution is -2.62. The van der Waals surface area contributed by atoms with E-state index in [1.165, 1.54) is 57.9 Å². The minimum atomic E-state index is 0.343. The Morgan fingerprint density at radius 1 is 1.11 bits per heavy atom. The molecule has 2 nitrogen and oxygen atoms in total. The van der Waals surface area contributed by atoms with Crippen LogP contribution in [-0.4, -0.2) is 29.6 Å². The third kappa shape index (κ3) is 2.71. The van der Waals surface area contributed by atoms with Gasteiger partial charge in [0.1, 0.15) is 0 Å². The van der Waals surface area contributed by atoms with Gasteiger partial charge in [-0.3, -0.25) is 4.90 Å². The smallest absolute Gasteiger partial charge is 0.0365 e. The fraction of sp³-hybridized carbons (Fsp3) is 1.00. The molecule has 0 aromatic rings. The molecule has 3 aliphatic carbocycles. The molecule has 2 unspecified atom stereocenters. The molecule has 3 saturated carbocycles. The minimum absolute atomic E-state index is 0.343. The lowest BCUT2D eigenvalue weighted by Gasteiger charge is -2.53. The van der Waals surface area contributed by atoms with E-state index in [1.807, 2.05) is 0 Å². The van der Waals surface area contributed by atoms with E-state index >= 15 is 0 Å². The topological polar surface area (TPSA) is 29.3 Å². The highest BCUT2D eigenvalue weighted by molar-refractivity contribution is 5.06. The van der Waals surface area contributed by atoms with E-state index in [-0.39, 0.29) is 0 Å². The van der Waals surface area contributed by atoms with Crippen LogP contribution in [0.15, 0.2) is 0 Å². The second-order valence-corrected chi connectivity index (χ2v) is 7.73. The van der Waals surface area contributed by atoms with Crippen LogP contribution in [0.1, 0.15) is 65.2 Å². The van der Waals surface area contributed by atoms with Crippen molar-refractivity contribution in [3.63, 3.8) is 0 Å². The van der Waals surface area contributed by atoms with E-state index in [2.05, 4.69) is 18.7 Å². The molecule has 0 saturated heterocycles. The molecule has 2 N–H and O–H groups in total. The summed E-state index contributed by atoms with van der Waals surface area (Å²) in [5.41, 5.74) is 6.73. The van der Waals surface area contributed by atoms with E-state index < -0.39 is 0 Å². The summed E-state index contributed by atoms with van der Waals surface area (Å²) in [7, 11) is 0. The van der Waals surface area contributed by atoms with Crippen LogP contribution in [-0.2, 0) is 0 Å². The van der Waals surface area contributed by atoms with Crippen molar-refractivity contribution in [1.29, 1.82) is 0 Å². The van der Waals surface area contributed by atoms with Gasteiger partial charge in [0.15, 0.2) is 0 Å². The van der Waals surface area contributed by atoms with Crippen molar-refractivity contribution in [2.75, 3.05) is 13.1 Å². The fourth-order valence-corrected chi connectivity index (χ4v) is 4.59. The molecule has 3 fully saturated rings. The van der Waals surface area contributed by atoms with Crippen molar-refractivity contribution in [2.24, 2.45) is 23.5 Å². The van der Waals surface area contributed by atoms with E-state index in [0.29, 0.717) is 5.54 Å². The van der Waals surface area contributed by atoms with Gasteiger partial charge in [0.05, 0.1) is 0 Å². The average molecular weight is 264 g/mol. The molecule has 110 valence electrons. The Kier molecular flexibility index (Phi) is 3.92. The molecule has 3 rings (SSSR count). The fourth-order valence-electron chi connectivity index (χ4n) is 4.59. The van der Waals surface area contributed by atoms with Gasteiger partial charge >= 0.3 is 0 Å². The quantitative estimate of drug-likeness (QED) is 0.796. The molecule has 2 heteroatoms. The van der Waals surface area contributed by atoms with Crippen molar-refractivity contribution in [2.45, 2.75) is 76.8 Å². The number of hydrogen-bond donors (Lipinski definition) is 1. The first-order chi connectivity index (χ1) is 9.17. The molecule has 0 spiro atoms. The summed E-state index contributed by atoms with van der Waals surface area (Å²) >= 11 is 0. The zero-order valence-corrected chi connectivity index (χ0v) is 12.9. The van der Waals surface area contributed by atoms with Crippen LogP contribution < -0.4 is 5.73 Å². The van der Waals surface area contributed by atoms with E-state index in [4.69, 9.17) is 5.73 Å². The maximum Gasteiger partial charge on any atom is 0.0365 e. The van der Waals surface area contributed by atoms with Gasteiger partial charge in [-0.25, -0.2) is 0 Å². The Morgan fingerprint density at radius 3 is 2.37 bits per heavy atom. The number of hydrogen-bond acceptors (Lipinski definition) is 2. The predicted molar refractivity (Wildman–Crippen MR) is 81.0 cm³/mol. The molecule has 3 aliphatic rings. The van der Waals surface area contributed by atoms with Crippen molar-refractivity contribution in [3.8, 4) is 0 Å². The molecule has 0 radical (unpaired) electrons. The van der Waals surface area contributed by atoms with Gasteiger partial charge < -0.3 is 5.73 Å². The van der Waals surface area contributed by atoms with Crippen LogP contribution in [0, 0.1) is 17.8 Å². The maximum atomic E-state index is 6.39. The first-order valence-electron chi connectivity index (χ1n) is 8.64. The number of nitrogens with zero attached hydrogens (tertiary/aromatic N) is 1. The highest BCUT2D eigenvalue weighted by Gasteiger charge is 2.50. The second kappa shape index (κ2) is 5.37. The van der Waals surface area contributed by atoms with Gasteiger partial charge in [-0.05, 0) is 56.3 Å². The first kappa shape index (κ1) is 13.9. The first-order valence-corrected chi connectivity index (χ1v) is 8.64. The molecule has 19 heavy (non-hydrogen) atoms.